The Morgan fingerprint density at radius 3 is 2.39 bits per heavy atom. The number of methoxy groups -OCH3 is 2. The average Bonchev–Trinajstić information content (AvgIpc) is 2.90. The predicted molar refractivity (Wildman–Crippen MR) is 73.3 cm³/mol. The highest BCUT2D eigenvalue weighted by atomic mass is 16.5. The van der Waals surface area contributed by atoms with Gasteiger partial charge in [0.25, 0.3) is 0 Å². The average molecular weight is 247 g/mol. The third kappa shape index (κ3) is 2.85. The molecule has 0 spiro atoms. The maximum absolute atomic E-state index is 5.33. The number of ether oxygens (including phenoxy) is 2. The summed E-state index contributed by atoms with van der Waals surface area (Å²) in [6.07, 6.45) is 6.72. The van der Waals surface area contributed by atoms with E-state index in [9.17, 15) is 0 Å². The lowest BCUT2D eigenvalue weighted by atomic mass is 10.1. The summed E-state index contributed by atoms with van der Waals surface area (Å²) in [5, 5.41) is 3.63. The Bertz CT molecular complexity index is 421. The molecule has 0 aromatic heterocycles. The molecule has 0 aliphatic heterocycles. The number of benzene rings is 1. The number of hydrogen-bond donors (Lipinski definition) is 1. The number of nitrogens with one attached hydrogen (secondary N) is 1. The van der Waals surface area contributed by atoms with Crippen molar-refractivity contribution in [2.75, 3.05) is 14.2 Å². The summed E-state index contributed by atoms with van der Waals surface area (Å²) in [4.78, 5) is 0. The molecule has 18 heavy (non-hydrogen) atoms. The first-order chi connectivity index (χ1) is 8.74. The van der Waals surface area contributed by atoms with Crippen molar-refractivity contribution in [3.8, 4) is 11.5 Å². The molecule has 2 rings (SSSR count). The standard InChI is InChI=1S/C15H21NO2/c1-11(16-13-6-4-5-7-13)12-8-9-14(17-2)15(10-12)18-3/h4-5,8-11,13,16H,6-7H2,1-3H3. The predicted octanol–water partition coefficient (Wildman–Crippen LogP) is 3.07. The van der Waals surface area contributed by atoms with Gasteiger partial charge in [-0.15, -0.1) is 0 Å². The Labute approximate surface area is 109 Å². The summed E-state index contributed by atoms with van der Waals surface area (Å²) in [5.74, 6) is 1.56. The normalized spacial score (nSPS) is 16.8. The maximum atomic E-state index is 5.33. The monoisotopic (exact) mass is 247 g/mol. The fourth-order valence-corrected chi connectivity index (χ4v) is 2.33. The van der Waals surface area contributed by atoms with E-state index in [2.05, 4.69) is 30.5 Å². The zero-order chi connectivity index (χ0) is 13.0. The van der Waals surface area contributed by atoms with Gasteiger partial charge in [-0.1, -0.05) is 18.2 Å². The Morgan fingerprint density at radius 2 is 1.78 bits per heavy atom. The molecule has 1 aromatic carbocycles. The topological polar surface area (TPSA) is 30.5 Å². The van der Waals surface area contributed by atoms with Gasteiger partial charge in [-0.05, 0) is 37.5 Å². The number of rotatable bonds is 5. The van der Waals surface area contributed by atoms with E-state index in [1.165, 1.54) is 5.56 Å². The van der Waals surface area contributed by atoms with Gasteiger partial charge >= 0.3 is 0 Å². The first-order valence-corrected chi connectivity index (χ1v) is 6.37. The molecule has 98 valence electrons. The summed E-state index contributed by atoms with van der Waals surface area (Å²) in [7, 11) is 3.32. The van der Waals surface area contributed by atoms with Gasteiger partial charge in [0.15, 0.2) is 11.5 Å². The van der Waals surface area contributed by atoms with Crippen LogP contribution in [0, 0.1) is 0 Å². The van der Waals surface area contributed by atoms with E-state index >= 15 is 0 Å². The second-order valence-corrected chi connectivity index (χ2v) is 4.64. The largest absolute Gasteiger partial charge is 0.493 e. The Kier molecular flexibility index (Phi) is 4.26. The molecule has 1 N–H and O–H groups in total. The zero-order valence-corrected chi connectivity index (χ0v) is 11.3. The second-order valence-electron chi connectivity index (χ2n) is 4.64. The van der Waals surface area contributed by atoms with Crippen LogP contribution < -0.4 is 14.8 Å². The lowest BCUT2D eigenvalue weighted by Crippen LogP contribution is -2.29. The zero-order valence-electron chi connectivity index (χ0n) is 11.3. The molecule has 0 saturated heterocycles. The van der Waals surface area contributed by atoms with Gasteiger partial charge in [0.2, 0.25) is 0 Å². The third-order valence-corrected chi connectivity index (χ3v) is 3.40. The van der Waals surface area contributed by atoms with E-state index in [0.717, 1.165) is 24.3 Å². The van der Waals surface area contributed by atoms with Gasteiger partial charge in [-0.2, -0.15) is 0 Å². The van der Waals surface area contributed by atoms with Crippen LogP contribution in [0.5, 0.6) is 11.5 Å². The van der Waals surface area contributed by atoms with Crippen molar-refractivity contribution < 1.29 is 9.47 Å². The van der Waals surface area contributed by atoms with E-state index in [0.29, 0.717) is 12.1 Å². The van der Waals surface area contributed by atoms with Gasteiger partial charge in [0.05, 0.1) is 14.2 Å². The Morgan fingerprint density at radius 1 is 1.11 bits per heavy atom. The van der Waals surface area contributed by atoms with Crippen molar-refractivity contribution >= 4 is 0 Å². The van der Waals surface area contributed by atoms with Gasteiger partial charge in [0.1, 0.15) is 0 Å². The molecule has 3 nitrogen and oxygen atoms in total. The van der Waals surface area contributed by atoms with Crippen LogP contribution in [0.4, 0.5) is 0 Å². The van der Waals surface area contributed by atoms with Crippen molar-refractivity contribution in [1.29, 1.82) is 0 Å². The third-order valence-electron chi connectivity index (χ3n) is 3.40. The van der Waals surface area contributed by atoms with Crippen LogP contribution in [0.2, 0.25) is 0 Å². The van der Waals surface area contributed by atoms with Gasteiger partial charge in [-0.3, -0.25) is 0 Å². The second kappa shape index (κ2) is 5.91. The minimum absolute atomic E-state index is 0.315. The molecule has 0 radical (unpaired) electrons. The fraction of sp³-hybridized carbons (Fsp3) is 0.467. The van der Waals surface area contributed by atoms with E-state index in [-0.39, 0.29) is 0 Å². The molecule has 0 bridgehead atoms. The Balaban J connectivity index is 2.07. The summed E-state index contributed by atoms with van der Waals surface area (Å²) in [5.41, 5.74) is 1.22. The summed E-state index contributed by atoms with van der Waals surface area (Å²) >= 11 is 0. The molecule has 1 aliphatic carbocycles. The molecule has 0 fully saturated rings. The van der Waals surface area contributed by atoms with Gasteiger partial charge in [0, 0.05) is 12.1 Å². The van der Waals surface area contributed by atoms with Crippen LogP contribution in [0.15, 0.2) is 30.4 Å². The van der Waals surface area contributed by atoms with Gasteiger partial charge in [-0.25, -0.2) is 0 Å². The summed E-state index contributed by atoms with van der Waals surface area (Å²) < 4.78 is 10.6. The molecule has 1 aromatic rings. The minimum atomic E-state index is 0.315. The van der Waals surface area contributed by atoms with Gasteiger partial charge < -0.3 is 14.8 Å². The molecular weight excluding hydrogens is 226 g/mol. The lowest BCUT2D eigenvalue weighted by Gasteiger charge is -2.20. The van der Waals surface area contributed by atoms with Crippen LogP contribution >= 0.6 is 0 Å². The molecule has 1 unspecified atom stereocenters. The van der Waals surface area contributed by atoms with E-state index in [1.807, 2.05) is 12.1 Å². The van der Waals surface area contributed by atoms with Crippen LogP contribution in [-0.2, 0) is 0 Å². The Hall–Kier alpha value is -1.48. The van der Waals surface area contributed by atoms with E-state index < -0.39 is 0 Å². The van der Waals surface area contributed by atoms with Crippen LogP contribution in [-0.4, -0.2) is 20.3 Å². The SMILES string of the molecule is COc1ccc(C(C)NC2CC=CC2)cc1OC. The number of hydrogen-bond acceptors (Lipinski definition) is 3. The molecule has 0 amide bonds. The van der Waals surface area contributed by atoms with Crippen molar-refractivity contribution in [1.82, 2.24) is 5.32 Å². The molecule has 1 atom stereocenters. The molecule has 0 saturated carbocycles. The molecule has 3 heteroatoms. The quantitative estimate of drug-likeness (QED) is 0.811. The fourth-order valence-electron chi connectivity index (χ4n) is 2.33. The molecular formula is C15H21NO2. The maximum Gasteiger partial charge on any atom is 0.161 e. The smallest absolute Gasteiger partial charge is 0.161 e. The highest BCUT2D eigenvalue weighted by Gasteiger charge is 2.15. The van der Waals surface area contributed by atoms with Crippen molar-refractivity contribution in [3.05, 3.63) is 35.9 Å². The van der Waals surface area contributed by atoms with E-state index in [4.69, 9.17) is 9.47 Å². The van der Waals surface area contributed by atoms with Crippen LogP contribution in [0.3, 0.4) is 0 Å². The molecule has 0 heterocycles. The summed E-state index contributed by atoms with van der Waals surface area (Å²) in [6.45, 7) is 2.18. The van der Waals surface area contributed by atoms with E-state index in [1.54, 1.807) is 14.2 Å². The first-order valence-electron chi connectivity index (χ1n) is 6.37. The minimum Gasteiger partial charge on any atom is -0.493 e. The van der Waals surface area contributed by atoms with Crippen LogP contribution in [0.1, 0.15) is 31.4 Å². The highest BCUT2D eigenvalue weighted by Crippen LogP contribution is 2.30. The first kappa shape index (κ1) is 13.0. The van der Waals surface area contributed by atoms with Crippen LogP contribution in [0.25, 0.3) is 0 Å². The van der Waals surface area contributed by atoms with Crippen molar-refractivity contribution in [2.24, 2.45) is 0 Å². The van der Waals surface area contributed by atoms with Crippen molar-refractivity contribution in [3.63, 3.8) is 0 Å². The highest BCUT2D eigenvalue weighted by molar-refractivity contribution is 5.43. The molecule has 1 aliphatic rings. The lowest BCUT2D eigenvalue weighted by molar-refractivity contribution is 0.353. The summed E-state index contributed by atoms with van der Waals surface area (Å²) in [6, 6.07) is 6.96. The van der Waals surface area contributed by atoms with Crippen molar-refractivity contribution in [2.45, 2.75) is 31.8 Å².